The predicted octanol–water partition coefficient (Wildman–Crippen LogP) is 2.44. The summed E-state index contributed by atoms with van der Waals surface area (Å²) in [6.45, 7) is 0. The van der Waals surface area contributed by atoms with Crippen molar-refractivity contribution in [1.29, 1.82) is 0 Å². The van der Waals surface area contributed by atoms with Gasteiger partial charge in [-0.2, -0.15) is 0 Å². The van der Waals surface area contributed by atoms with Gasteiger partial charge in [0.1, 0.15) is 0 Å². The SMILES string of the molecule is COc1ccc([C@H]2C[C@@H]3c4ccccc4N(S(C)(=O)=O)[C@@H]3O2)cn1. The Morgan fingerprint density at radius 2 is 2.04 bits per heavy atom. The number of aromatic nitrogens is 1. The number of fused-ring (bicyclic) bond motifs is 3. The summed E-state index contributed by atoms with van der Waals surface area (Å²) < 4.78 is 37.2. The van der Waals surface area contributed by atoms with Crippen molar-refractivity contribution in [3.63, 3.8) is 0 Å². The Balaban J connectivity index is 1.69. The Kier molecular flexibility index (Phi) is 3.51. The number of rotatable bonds is 3. The zero-order valence-electron chi connectivity index (χ0n) is 13.4. The lowest BCUT2D eigenvalue weighted by Crippen LogP contribution is -2.37. The zero-order valence-corrected chi connectivity index (χ0v) is 14.2. The monoisotopic (exact) mass is 346 g/mol. The molecular weight excluding hydrogens is 328 g/mol. The number of para-hydroxylation sites is 1. The second kappa shape index (κ2) is 5.46. The van der Waals surface area contributed by atoms with Crippen LogP contribution in [0.1, 0.15) is 29.6 Å². The molecule has 0 bridgehead atoms. The van der Waals surface area contributed by atoms with Gasteiger partial charge < -0.3 is 9.47 Å². The van der Waals surface area contributed by atoms with Gasteiger partial charge in [0.05, 0.1) is 25.2 Å². The number of pyridine rings is 1. The number of anilines is 1. The van der Waals surface area contributed by atoms with E-state index in [0.29, 0.717) is 5.88 Å². The van der Waals surface area contributed by atoms with Gasteiger partial charge in [-0.1, -0.05) is 18.2 Å². The molecule has 1 aromatic heterocycles. The molecule has 1 fully saturated rings. The number of hydrogen-bond acceptors (Lipinski definition) is 5. The van der Waals surface area contributed by atoms with Crippen LogP contribution in [0, 0.1) is 0 Å². The molecule has 0 radical (unpaired) electrons. The Bertz CT molecular complexity index is 866. The van der Waals surface area contributed by atoms with Crippen LogP contribution in [0.3, 0.4) is 0 Å². The molecule has 3 atom stereocenters. The van der Waals surface area contributed by atoms with Crippen molar-refractivity contribution in [3.05, 3.63) is 53.7 Å². The van der Waals surface area contributed by atoms with Gasteiger partial charge in [-0.15, -0.1) is 0 Å². The smallest absolute Gasteiger partial charge is 0.234 e. The van der Waals surface area contributed by atoms with Crippen LogP contribution < -0.4 is 9.04 Å². The topological polar surface area (TPSA) is 68.7 Å². The quantitative estimate of drug-likeness (QED) is 0.854. The minimum Gasteiger partial charge on any atom is -0.481 e. The fourth-order valence-corrected chi connectivity index (χ4v) is 4.69. The highest BCUT2D eigenvalue weighted by Crippen LogP contribution is 2.52. The van der Waals surface area contributed by atoms with Gasteiger partial charge in [-0.3, -0.25) is 0 Å². The van der Waals surface area contributed by atoms with Crippen LogP contribution in [0.4, 0.5) is 5.69 Å². The molecule has 2 aliphatic rings. The normalized spacial score (nSPS) is 25.4. The molecule has 6 nitrogen and oxygen atoms in total. The Morgan fingerprint density at radius 3 is 2.71 bits per heavy atom. The molecule has 4 rings (SSSR count). The Hall–Kier alpha value is -2.12. The average molecular weight is 346 g/mol. The van der Waals surface area contributed by atoms with Gasteiger partial charge in [0.2, 0.25) is 15.9 Å². The van der Waals surface area contributed by atoms with Crippen molar-refractivity contribution >= 4 is 15.7 Å². The van der Waals surface area contributed by atoms with Crippen molar-refractivity contribution in [3.8, 4) is 5.88 Å². The summed E-state index contributed by atoms with van der Waals surface area (Å²) in [5.74, 6) is 0.572. The highest BCUT2D eigenvalue weighted by Gasteiger charge is 2.49. The summed E-state index contributed by atoms with van der Waals surface area (Å²) >= 11 is 0. The van der Waals surface area contributed by atoms with Gasteiger partial charge >= 0.3 is 0 Å². The summed E-state index contributed by atoms with van der Waals surface area (Å²) in [5, 5.41) is 0. The van der Waals surface area contributed by atoms with Gasteiger partial charge in [-0.05, 0) is 29.7 Å². The van der Waals surface area contributed by atoms with Crippen LogP contribution in [-0.4, -0.2) is 33.0 Å². The number of hydrogen-bond donors (Lipinski definition) is 0. The number of benzene rings is 1. The van der Waals surface area contributed by atoms with Crippen LogP contribution in [-0.2, 0) is 14.8 Å². The van der Waals surface area contributed by atoms with Gasteiger partial charge in [0, 0.05) is 18.2 Å². The molecule has 1 saturated heterocycles. The number of sulfonamides is 1. The lowest BCUT2D eigenvalue weighted by Gasteiger charge is -2.25. The van der Waals surface area contributed by atoms with Crippen molar-refractivity contribution < 1.29 is 17.9 Å². The Morgan fingerprint density at radius 1 is 1.25 bits per heavy atom. The largest absolute Gasteiger partial charge is 0.481 e. The van der Waals surface area contributed by atoms with E-state index in [1.807, 2.05) is 30.3 Å². The average Bonchev–Trinajstić information content (AvgIpc) is 3.11. The minimum absolute atomic E-state index is 0.0306. The second-order valence-corrected chi connectivity index (χ2v) is 7.97. The van der Waals surface area contributed by atoms with Crippen LogP contribution in [0.2, 0.25) is 0 Å². The molecule has 0 unspecified atom stereocenters. The van der Waals surface area contributed by atoms with Crippen LogP contribution in [0.5, 0.6) is 5.88 Å². The standard InChI is InChI=1S/C17H18N2O4S/c1-22-16-8-7-11(10-18-16)15-9-13-12-5-3-4-6-14(12)19(17(13)23-15)24(2,20)21/h3-8,10,13,15,17H,9H2,1-2H3/t13-,15-,17-/m1/s1. The minimum atomic E-state index is -3.41. The molecule has 24 heavy (non-hydrogen) atoms. The van der Waals surface area contributed by atoms with E-state index < -0.39 is 16.3 Å². The van der Waals surface area contributed by atoms with E-state index in [-0.39, 0.29) is 12.0 Å². The zero-order chi connectivity index (χ0) is 16.9. The van der Waals surface area contributed by atoms with E-state index in [1.165, 1.54) is 10.6 Å². The summed E-state index contributed by atoms with van der Waals surface area (Å²) in [6, 6.07) is 11.3. The van der Waals surface area contributed by atoms with E-state index in [1.54, 1.807) is 19.4 Å². The lowest BCUT2D eigenvalue weighted by molar-refractivity contribution is 0.0509. The molecule has 0 saturated carbocycles. The van der Waals surface area contributed by atoms with Gasteiger partial charge in [0.25, 0.3) is 0 Å². The fraction of sp³-hybridized carbons (Fsp3) is 0.353. The van der Waals surface area contributed by atoms with Gasteiger partial charge in [0.15, 0.2) is 6.23 Å². The first kappa shape index (κ1) is 15.4. The maximum absolute atomic E-state index is 12.3. The van der Waals surface area contributed by atoms with E-state index in [0.717, 1.165) is 23.2 Å². The van der Waals surface area contributed by atoms with E-state index in [9.17, 15) is 8.42 Å². The van der Waals surface area contributed by atoms with Crippen molar-refractivity contribution in [2.24, 2.45) is 0 Å². The van der Waals surface area contributed by atoms with Crippen LogP contribution >= 0.6 is 0 Å². The van der Waals surface area contributed by atoms with Crippen LogP contribution in [0.15, 0.2) is 42.6 Å². The summed E-state index contributed by atoms with van der Waals surface area (Å²) in [4.78, 5) is 4.21. The third kappa shape index (κ3) is 2.35. The van der Waals surface area contributed by atoms with Gasteiger partial charge in [-0.25, -0.2) is 17.7 Å². The number of ether oxygens (including phenoxy) is 2. The molecule has 7 heteroatoms. The number of methoxy groups -OCH3 is 1. The summed E-state index contributed by atoms with van der Waals surface area (Å²) in [7, 11) is -1.84. The molecule has 0 amide bonds. The van der Waals surface area contributed by atoms with E-state index in [4.69, 9.17) is 9.47 Å². The number of nitrogens with zero attached hydrogens (tertiary/aromatic N) is 2. The van der Waals surface area contributed by atoms with Crippen LogP contribution in [0.25, 0.3) is 0 Å². The first-order valence-corrected chi connectivity index (χ1v) is 9.57. The third-order valence-corrected chi connectivity index (χ3v) is 5.74. The molecule has 0 aliphatic carbocycles. The van der Waals surface area contributed by atoms with Crippen molar-refractivity contribution in [1.82, 2.24) is 4.98 Å². The Labute approximate surface area is 141 Å². The molecule has 3 heterocycles. The third-order valence-electron chi connectivity index (χ3n) is 4.62. The fourth-order valence-electron chi connectivity index (χ4n) is 3.59. The molecule has 2 aromatic rings. The summed E-state index contributed by atoms with van der Waals surface area (Å²) in [5.41, 5.74) is 2.68. The maximum Gasteiger partial charge on any atom is 0.234 e. The highest BCUT2D eigenvalue weighted by atomic mass is 32.2. The van der Waals surface area contributed by atoms with Crippen molar-refractivity contribution in [2.75, 3.05) is 17.7 Å². The molecule has 2 aliphatic heterocycles. The predicted molar refractivity (Wildman–Crippen MR) is 89.5 cm³/mol. The molecule has 126 valence electrons. The van der Waals surface area contributed by atoms with Crippen molar-refractivity contribution in [2.45, 2.75) is 24.7 Å². The summed E-state index contributed by atoms with van der Waals surface area (Å²) in [6.07, 6.45) is 2.99. The maximum atomic E-state index is 12.3. The lowest BCUT2D eigenvalue weighted by atomic mass is 9.94. The molecule has 0 spiro atoms. The molecule has 0 N–H and O–H groups in total. The van der Waals surface area contributed by atoms with E-state index >= 15 is 0 Å². The molecular formula is C17H18N2O4S. The first-order chi connectivity index (χ1) is 11.5. The molecule has 1 aromatic carbocycles. The van der Waals surface area contributed by atoms with E-state index in [2.05, 4.69) is 4.98 Å². The first-order valence-electron chi connectivity index (χ1n) is 7.73. The second-order valence-electron chi connectivity index (χ2n) is 6.11. The highest BCUT2D eigenvalue weighted by molar-refractivity contribution is 7.92.